The van der Waals surface area contributed by atoms with Gasteiger partial charge in [0.1, 0.15) is 6.04 Å². The van der Waals surface area contributed by atoms with Gasteiger partial charge in [0, 0.05) is 45.6 Å². The van der Waals surface area contributed by atoms with Gasteiger partial charge in [-0.1, -0.05) is 38.1 Å². The van der Waals surface area contributed by atoms with Crippen LogP contribution in [0.3, 0.4) is 0 Å². The van der Waals surface area contributed by atoms with E-state index in [1.165, 1.54) is 0 Å². The molecule has 2 N–H and O–H groups in total. The first-order valence-electron chi connectivity index (χ1n) is 11.0. The molecule has 7 heteroatoms. The maximum atomic E-state index is 13.2. The fourth-order valence-corrected chi connectivity index (χ4v) is 4.30. The summed E-state index contributed by atoms with van der Waals surface area (Å²) in [7, 11) is 1.64. The molecule has 3 rings (SSSR count). The molecule has 7 nitrogen and oxygen atoms in total. The van der Waals surface area contributed by atoms with E-state index in [0.717, 1.165) is 37.1 Å². The molecule has 2 aliphatic rings. The number of fused-ring (bicyclic) bond motifs is 1. The highest BCUT2D eigenvalue weighted by Gasteiger charge is 2.35. The first-order valence-corrected chi connectivity index (χ1v) is 11.0. The van der Waals surface area contributed by atoms with E-state index < -0.39 is 6.04 Å². The van der Waals surface area contributed by atoms with Crippen molar-refractivity contribution in [3.63, 3.8) is 0 Å². The van der Waals surface area contributed by atoms with Crippen molar-refractivity contribution in [3.05, 3.63) is 35.4 Å². The molecule has 1 aromatic carbocycles. The van der Waals surface area contributed by atoms with Gasteiger partial charge >= 0.3 is 0 Å². The second-order valence-corrected chi connectivity index (χ2v) is 8.84. The predicted molar refractivity (Wildman–Crippen MR) is 116 cm³/mol. The number of carbonyl (C=O) groups is 3. The van der Waals surface area contributed by atoms with Gasteiger partial charge < -0.3 is 15.5 Å². The Hall–Kier alpha value is -2.41. The Labute approximate surface area is 179 Å². The number of nitrogens with one attached hydrogen (secondary N) is 2. The highest BCUT2D eigenvalue weighted by atomic mass is 16.2. The van der Waals surface area contributed by atoms with Crippen molar-refractivity contribution in [2.24, 2.45) is 5.92 Å². The summed E-state index contributed by atoms with van der Waals surface area (Å²) in [5, 5.41) is 5.83. The summed E-state index contributed by atoms with van der Waals surface area (Å²) in [6.45, 7) is 6.50. The molecule has 1 saturated heterocycles. The summed E-state index contributed by atoms with van der Waals surface area (Å²) in [6.07, 6.45) is 2.63. The van der Waals surface area contributed by atoms with E-state index in [1.54, 1.807) is 11.9 Å². The van der Waals surface area contributed by atoms with E-state index in [4.69, 9.17) is 0 Å². The number of piperidine rings is 1. The van der Waals surface area contributed by atoms with Gasteiger partial charge in [-0.2, -0.15) is 0 Å². The van der Waals surface area contributed by atoms with Gasteiger partial charge in [-0.3, -0.25) is 19.3 Å². The smallest absolute Gasteiger partial charge is 0.243 e. The van der Waals surface area contributed by atoms with Crippen molar-refractivity contribution in [1.29, 1.82) is 0 Å². The van der Waals surface area contributed by atoms with Gasteiger partial charge in [0.15, 0.2) is 0 Å². The summed E-state index contributed by atoms with van der Waals surface area (Å²) < 4.78 is 0. The Morgan fingerprint density at radius 1 is 1.10 bits per heavy atom. The third kappa shape index (κ3) is 5.59. The van der Waals surface area contributed by atoms with Gasteiger partial charge in [-0.05, 0) is 29.9 Å². The molecule has 3 amide bonds. The van der Waals surface area contributed by atoms with Crippen LogP contribution in [0.15, 0.2) is 24.3 Å². The lowest BCUT2D eigenvalue weighted by Gasteiger charge is -2.38. The minimum absolute atomic E-state index is 0.0117. The van der Waals surface area contributed by atoms with Crippen LogP contribution in [0.4, 0.5) is 0 Å². The Balaban J connectivity index is 1.64. The molecule has 1 fully saturated rings. The van der Waals surface area contributed by atoms with E-state index in [9.17, 15) is 14.4 Å². The molecule has 0 spiro atoms. The molecule has 2 aliphatic heterocycles. The molecule has 0 saturated carbocycles. The second-order valence-electron chi connectivity index (χ2n) is 8.84. The Kier molecular flexibility index (Phi) is 7.48. The lowest BCUT2D eigenvalue weighted by atomic mass is 9.92. The predicted octanol–water partition coefficient (Wildman–Crippen LogP) is 1.31. The van der Waals surface area contributed by atoms with Crippen molar-refractivity contribution in [2.45, 2.75) is 58.2 Å². The van der Waals surface area contributed by atoms with Crippen LogP contribution in [-0.2, 0) is 27.3 Å². The van der Waals surface area contributed by atoms with Crippen LogP contribution in [0.25, 0.3) is 0 Å². The van der Waals surface area contributed by atoms with Crippen molar-refractivity contribution >= 4 is 17.7 Å². The number of likely N-dealkylation sites (N-methyl/N-ethyl adjacent to an activating group) is 1. The Bertz CT molecular complexity index is 771. The fourth-order valence-electron chi connectivity index (χ4n) is 4.30. The quantitative estimate of drug-likeness (QED) is 0.736. The summed E-state index contributed by atoms with van der Waals surface area (Å²) in [4.78, 5) is 41.5. The standard InChI is InChI=1S/C23H34N4O3/c1-16(2)12-22(29)27-14-18-7-5-4-6-17(18)13-20(27)23(30)25-19-8-10-26(11-9-19)15-21(28)24-3/h4-7,16,19-20H,8-15H2,1-3H3,(H,24,28)(H,25,30). The third-order valence-corrected chi connectivity index (χ3v) is 6.03. The summed E-state index contributed by atoms with van der Waals surface area (Å²) in [5.41, 5.74) is 2.27. The molecule has 0 aromatic heterocycles. The topological polar surface area (TPSA) is 81.8 Å². The molecular formula is C23H34N4O3. The number of nitrogens with zero attached hydrogens (tertiary/aromatic N) is 2. The first-order chi connectivity index (χ1) is 14.4. The van der Waals surface area contributed by atoms with Crippen LogP contribution in [0, 0.1) is 5.92 Å². The van der Waals surface area contributed by atoms with Gasteiger partial charge in [-0.15, -0.1) is 0 Å². The molecule has 1 aromatic rings. The Morgan fingerprint density at radius 2 is 1.77 bits per heavy atom. The molecule has 2 heterocycles. The lowest BCUT2D eigenvalue weighted by molar-refractivity contribution is -0.142. The van der Waals surface area contributed by atoms with E-state index >= 15 is 0 Å². The number of amides is 3. The zero-order valence-corrected chi connectivity index (χ0v) is 18.3. The fraction of sp³-hybridized carbons (Fsp3) is 0.609. The number of rotatable bonds is 6. The SMILES string of the molecule is CNC(=O)CN1CCC(NC(=O)C2Cc3ccccc3CN2C(=O)CC(C)C)CC1. The number of hydrogen-bond donors (Lipinski definition) is 2. The first kappa shape index (κ1) is 22.3. The van der Waals surface area contributed by atoms with E-state index in [2.05, 4.69) is 21.6 Å². The number of hydrogen-bond acceptors (Lipinski definition) is 4. The van der Waals surface area contributed by atoms with Gasteiger partial charge in [0.25, 0.3) is 0 Å². The van der Waals surface area contributed by atoms with Crippen LogP contribution in [-0.4, -0.2) is 66.3 Å². The molecule has 164 valence electrons. The molecule has 1 unspecified atom stereocenters. The molecular weight excluding hydrogens is 380 g/mol. The monoisotopic (exact) mass is 414 g/mol. The number of likely N-dealkylation sites (tertiary alicyclic amines) is 1. The second kappa shape index (κ2) is 10.1. The molecule has 30 heavy (non-hydrogen) atoms. The summed E-state index contributed by atoms with van der Waals surface area (Å²) in [6, 6.07) is 7.68. The van der Waals surface area contributed by atoms with Gasteiger partial charge in [-0.25, -0.2) is 0 Å². The van der Waals surface area contributed by atoms with Crippen LogP contribution in [0.5, 0.6) is 0 Å². The molecule has 0 radical (unpaired) electrons. The van der Waals surface area contributed by atoms with Crippen molar-refractivity contribution in [2.75, 3.05) is 26.7 Å². The maximum Gasteiger partial charge on any atom is 0.243 e. The lowest BCUT2D eigenvalue weighted by Crippen LogP contribution is -2.56. The minimum Gasteiger partial charge on any atom is -0.358 e. The molecule has 0 bridgehead atoms. The van der Waals surface area contributed by atoms with Crippen molar-refractivity contribution in [3.8, 4) is 0 Å². The van der Waals surface area contributed by atoms with Gasteiger partial charge in [0.2, 0.25) is 17.7 Å². The largest absolute Gasteiger partial charge is 0.358 e. The summed E-state index contributed by atoms with van der Waals surface area (Å²) >= 11 is 0. The molecule has 0 aliphatic carbocycles. The van der Waals surface area contributed by atoms with Crippen molar-refractivity contribution < 1.29 is 14.4 Å². The number of benzene rings is 1. The zero-order chi connectivity index (χ0) is 21.7. The van der Waals surface area contributed by atoms with E-state index in [0.29, 0.717) is 25.9 Å². The van der Waals surface area contributed by atoms with E-state index in [-0.39, 0.29) is 29.7 Å². The average Bonchev–Trinajstić information content (AvgIpc) is 2.73. The third-order valence-electron chi connectivity index (χ3n) is 6.03. The van der Waals surface area contributed by atoms with Crippen LogP contribution < -0.4 is 10.6 Å². The normalized spacial score (nSPS) is 20.0. The van der Waals surface area contributed by atoms with Gasteiger partial charge in [0.05, 0.1) is 6.54 Å². The highest BCUT2D eigenvalue weighted by molar-refractivity contribution is 5.88. The number of carbonyl (C=O) groups excluding carboxylic acids is 3. The van der Waals surface area contributed by atoms with Crippen LogP contribution in [0.1, 0.15) is 44.2 Å². The summed E-state index contributed by atoms with van der Waals surface area (Å²) in [5.74, 6) is 0.243. The van der Waals surface area contributed by atoms with E-state index in [1.807, 2.05) is 32.0 Å². The average molecular weight is 415 g/mol. The molecule has 1 atom stereocenters. The zero-order valence-electron chi connectivity index (χ0n) is 18.3. The minimum atomic E-state index is -0.463. The maximum absolute atomic E-state index is 13.2. The van der Waals surface area contributed by atoms with Crippen LogP contribution >= 0.6 is 0 Å². The Morgan fingerprint density at radius 3 is 2.40 bits per heavy atom. The van der Waals surface area contributed by atoms with Crippen molar-refractivity contribution in [1.82, 2.24) is 20.4 Å². The highest BCUT2D eigenvalue weighted by Crippen LogP contribution is 2.25. The van der Waals surface area contributed by atoms with Crippen LogP contribution in [0.2, 0.25) is 0 Å².